The van der Waals surface area contributed by atoms with Gasteiger partial charge in [0.05, 0.1) is 10.6 Å². The van der Waals surface area contributed by atoms with E-state index in [1.807, 2.05) is 23.1 Å². The number of rotatable bonds is 10. The van der Waals surface area contributed by atoms with Crippen molar-refractivity contribution >= 4 is 64.1 Å². The fourth-order valence-electron chi connectivity index (χ4n) is 2.48. The van der Waals surface area contributed by atoms with Crippen molar-refractivity contribution in [1.82, 2.24) is 10.2 Å². The number of nitrogens with zero attached hydrogens (tertiary/aromatic N) is 1. The third-order valence-electron chi connectivity index (χ3n) is 4.14. The van der Waals surface area contributed by atoms with E-state index in [-0.39, 0.29) is 16.5 Å². The molecule has 2 aromatic rings. The minimum Gasteiger partial charge on any atom is -0.454 e. The third kappa shape index (κ3) is 7.50. The van der Waals surface area contributed by atoms with Crippen LogP contribution in [0.1, 0.15) is 22.3 Å². The SMILES string of the molecule is CSCCC(NC(=O)c1ccc(Cl)cc1Cl)C(=O)OCC(=O)N(C)Cc1ccsc1. The average molecular weight is 489 g/mol. The van der Waals surface area contributed by atoms with Crippen LogP contribution in [0.25, 0.3) is 0 Å². The van der Waals surface area contributed by atoms with Crippen molar-refractivity contribution in [3.8, 4) is 0 Å². The molecule has 0 radical (unpaired) electrons. The van der Waals surface area contributed by atoms with Crippen molar-refractivity contribution in [3.05, 3.63) is 56.2 Å². The third-order valence-corrected chi connectivity index (χ3v) is 6.06. The fourth-order valence-corrected chi connectivity index (χ4v) is 4.11. The molecule has 1 N–H and O–H groups in total. The van der Waals surface area contributed by atoms with E-state index in [4.69, 9.17) is 27.9 Å². The van der Waals surface area contributed by atoms with Gasteiger partial charge in [-0.15, -0.1) is 0 Å². The molecule has 162 valence electrons. The van der Waals surface area contributed by atoms with E-state index in [0.29, 0.717) is 23.7 Å². The van der Waals surface area contributed by atoms with Gasteiger partial charge in [0.15, 0.2) is 6.61 Å². The standard InChI is InChI=1S/C20H22Cl2N2O4S2/c1-24(10-13-5-8-30-12-13)18(25)11-28-20(27)17(6-7-29-2)23-19(26)15-4-3-14(21)9-16(15)22/h3-5,8-9,12,17H,6-7,10-11H2,1-2H3,(H,23,26). The molecule has 6 nitrogen and oxygen atoms in total. The van der Waals surface area contributed by atoms with Gasteiger partial charge >= 0.3 is 5.97 Å². The van der Waals surface area contributed by atoms with Gasteiger partial charge in [-0.2, -0.15) is 23.1 Å². The van der Waals surface area contributed by atoms with Crippen LogP contribution in [0, 0.1) is 0 Å². The number of hydrogen-bond acceptors (Lipinski definition) is 6. The highest BCUT2D eigenvalue weighted by Crippen LogP contribution is 2.21. The highest BCUT2D eigenvalue weighted by molar-refractivity contribution is 7.98. The lowest BCUT2D eigenvalue weighted by Crippen LogP contribution is -2.43. The molecule has 0 saturated heterocycles. The molecule has 1 aromatic heterocycles. The Morgan fingerprint density at radius 1 is 1.27 bits per heavy atom. The Bertz CT molecular complexity index is 878. The number of ether oxygens (including phenoxy) is 1. The van der Waals surface area contributed by atoms with Crippen LogP contribution in [0.5, 0.6) is 0 Å². The Kier molecular flexibility index (Phi) is 9.97. The number of thioether (sulfide) groups is 1. The minimum atomic E-state index is -0.897. The van der Waals surface area contributed by atoms with Crippen molar-refractivity contribution in [2.75, 3.05) is 25.7 Å². The minimum absolute atomic E-state index is 0.183. The van der Waals surface area contributed by atoms with Crippen LogP contribution in [-0.4, -0.2) is 54.4 Å². The summed E-state index contributed by atoms with van der Waals surface area (Å²) >= 11 is 15.0. The van der Waals surface area contributed by atoms with Gasteiger partial charge < -0.3 is 15.0 Å². The first-order valence-corrected chi connectivity index (χ1v) is 12.1. The van der Waals surface area contributed by atoms with Gasteiger partial charge in [0, 0.05) is 18.6 Å². The van der Waals surface area contributed by atoms with Crippen LogP contribution in [0.15, 0.2) is 35.0 Å². The quantitative estimate of drug-likeness (QED) is 0.509. The number of likely N-dealkylation sites (N-methyl/N-ethyl adjacent to an activating group) is 1. The molecule has 0 fully saturated rings. The first kappa shape index (κ1) is 24.5. The van der Waals surface area contributed by atoms with Gasteiger partial charge in [-0.25, -0.2) is 4.79 Å². The number of nitrogens with one attached hydrogen (secondary N) is 1. The Labute approximate surface area is 193 Å². The van der Waals surface area contributed by atoms with Gasteiger partial charge in [0.25, 0.3) is 11.8 Å². The number of halogens is 2. The first-order valence-electron chi connectivity index (χ1n) is 8.98. The molecule has 0 saturated carbocycles. The van der Waals surface area contributed by atoms with E-state index in [1.165, 1.54) is 28.8 Å². The summed E-state index contributed by atoms with van der Waals surface area (Å²) < 4.78 is 5.18. The van der Waals surface area contributed by atoms with E-state index >= 15 is 0 Å². The van der Waals surface area contributed by atoms with Crippen LogP contribution in [0.3, 0.4) is 0 Å². The zero-order valence-corrected chi connectivity index (χ0v) is 19.7. The second-order valence-corrected chi connectivity index (χ2v) is 9.03. The summed E-state index contributed by atoms with van der Waals surface area (Å²) in [7, 11) is 1.64. The van der Waals surface area contributed by atoms with E-state index in [9.17, 15) is 14.4 Å². The topological polar surface area (TPSA) is 75.7 Å². The maximum atomic E-state index is 12.6. The number of carbonyl (C=O) groups is 3. The highest BCUT2D eigenvalue weighted by Gasteiger charge is 2.25. The Balaban J connectivity index is 1.95. The highest BCUT2D eigenvalue weighted by atomic mass is 35.5. The molecule has 0 aliphatic heterocycles. The predicted molar refractivity (Wildman–Crippen MR) is 122 cm³/mol. The van der Waals surface area contributed by atoms with Crippen molar-refractivity contribution in [1.29, 1.82) is 0 Å². The molecule has 2 amide bonds. The Morgan fingerprint density at radius 3 is 2.67 bits per heavy atom. The van der Waals surface area contributed by atoms with Crippen LogP contribution in [-0.2, 0) is 20.9 Å². The average Bonchev–Trinajstić information content (AvgIpc) is 3.21. The summed E-state index contributed by atoms with van der Waals surface area (Å²) in [6, 6.07) is 5.51. The second kappa shape index (κ2) is 12.2. The van der Waals surface area contributed by atoms with Crippen molar-refractivity contribution in [2.45, 2.75) is 19.0 Å². The molecule has 0 spiro atoms. The largest absolute Gasteiger partial charge is 0.454 e. The summed E-state index contributed by atoms with van der Waals surface area (Å²) in [6.07, 6.45) is 2.25. The number of esters is 1. The molecule has 1 atom stereocenters. The van der Waals surface area contributed by atoms with Gasteiger partial charge in [-0.05, 0) is 59.0 Å². The van der Waals surface area contributed by atoms with Gasteiger partial charge in [-0.3, -0.25) is 9.59 Å². The number of carbonyl (C=O) groups excluding carboxylic acids is 3. The fraction of sp³-hybridized carbons (Fsp3) is 0.350. The smallest absolute Gasteiger partial charge is 0.329 e. The normalized spacial score (nSPS) is 11.6. The summed E-state index contributed by atoms with van der Waals surface area (Å²) in [6.45, 7) is 0.0361. The first-order chi connectivity index (χ1) is 14.3. The lowest BCUT2D eigenvalue weighted by atomic mass is 10.1. The maximum absolute atomic E-state index is 12.6. The lowest BCUT2D eigenvalue weighted by molar-refractivity contribution is -0.153. The molecule has 1 unspecified atom stereocenters. The Morgan fingerprint density at radius 2 is 2.03 bits per heavy atom. The van der Waals surface area contributed by atoms with E-state index in [0.717, 1.165) is 5.56 Å². The molecule has 0 aliphatic carbocycles. The van der Waals surface area contributed by atoms with Gasteiger partial charge in [0.1, 0.15) is 6.04 Å². The van der Waals surface area contributed by atoms with Crippen molar-refractivity contribution in [2.24, 2.45) is 0 Å². The summed E-state index contributed by atoms with van der Waals surface area (Å²) in [5.41, 5.74) is 1.21. The molecule has 30 heavy (non-hydrogen) atoms. The van der Waals surface area contributed by atoms with Crippen LogP contribution in [0.4, 0.5) is 0 Å². The zero-order valence-electron chi connectivity index (χ0n) is 16.5. The van der Waals surface area contributed by atoms with Gasteiger partial charge in [-0.1, -0.05) is 23.2 Å². The predicted octanol–water partition coefficient (Wildman–Crippen LogP) is 4.11. The maximum Gasteiger partial charge on any atom is 0.329 e. The van der Waals surface area contributed by atoms with Crippen LogP contribution in [0.2, 0.25) is 10.0 Å². The summed E-state index contributed by atoms with van der Waals surface area (Å²) in [5, 5.41) is 7.11. The molecular formula is C20H22Cl2N2O4S2. The number of thiophene rings is 1. The molecule has 0 aliphatic rings. The van der Waals surface area contributed by atoms with E-state index in [1.54, 1.807) is 24.5 Å². The van der Waals surface area contributed by atoms with Gasteiger partial charge in [0.2, 0.25) is 0 Å². The van der Waals surface area contributed by atoms with E-state index in [2.05, 4.69) is 5.32 Å². The summed E-state index contributed by atoms with van der Waals surface area (Å²) in [5.74, 6) is -0.883. The van der Waals surface area contributed by atoms with Crippen molar-refractivity contribution in [3.63, 3.8) is 0 Å². The molecule has 1 aromatic carbocycles. The number of benzene rings is 1. The molecule has 0 bridgehead atoms. The molecule has 10 heteroatoms. The van der Waals surface area contributed by atoms with E-state index < -0.39 is 24.5 Å². The number of amides is 2. The summed E-state index contributed by atoms with van der Waals surface area (Å²) in [4.78, 5) is 38.8. The lowest BCUT2D eigenvalue weighted by Gasteiger charge is -2.20. The van der Waals surface area contributed by atoms with Crippen molar-refractivity contribution < 1.29 is 19.1 Å². The monoisotopic (exact) mass is 488 g/mol. The molecule has 1 heterocycles. The molecular weight excluding hydrogens is 467 g/mol. The molecule has 2 rings (SSSR count). The van der Waals surface area contributed by atoms with Crippen LogP contribution < -0.4 is 5.32 Å². The second-order valence-electron chi connectivity index (χ2n) is 6.42. The zero-order chi connectivity index (χ0) is 22.1. The number of hydrogen-bond donors (Lipinski definition) is 1. The Hall–Kier alpha value is -1.74. The van der Waals surface area contributed by atoms with Crippen LogP contribution >= 0.6 is 46.3 Å².